The minimum Gasteiger partial charge on any atom is -0.394 e. The van der Waals surface area contributed by atoms with Crippen LogP contribution < -0.4 is 11.1 Å². The molecular formula is C11H14N4OS. The number of hydrogen-bond acceptors (Lipinski definition) is 4. The number of rotatable bonds is 2. The lowest BCUT2D eigenvalue weighted by Crippen LogP contribution is -2.11. The molecule has 0 aliphatic rings. The number of thiophene rings is 1. The van der Waals surface area contributed by atoms with Crippen LogP contribution in [0, 0.1) is 20.8 Å². The Balaban J connectivity index is 2.20. The van der Waals surface area contributed by atoms with E-state index in [0.717, 1.165) is 16.1 Å². The van der Waals surface area contributed by atoms with E-state index in [1.165, 1.54) is 11.3 Å². The molecule has 0 atom stereocenters. The molecule has 0 aliphatic carbocycles. The number of aromatic amines is 1. The maximum Gasteiger partial charge on any atom is 0.267 e. The third kappa shape index (κ3) is 2.16. The van der Waals surface area contributed by atoms with E-state index in [1.807, 2.05) is 19.9 Å². The van der Waals surface area contributed by atoms with E-state index in [1.54, 1.807) is 6.92 Å². The van der Waals surface area contributed by atoms with Crippen LogP contribution in [-0.2, 0) is 0 Å². The number of anilines is 2. The Labute approximate surface area is 103 Å². The van der Waals surface area contributed by atoms with E-state index in [0.29, 0.717) is 16.4 Å². The van der Waals surface area contributed by atoms with Crippen LogP contribution in [0.4, 0.5) is 11.5 Å². The van der Waals surface area contributed by atoms with E-state index in [-0.39, 0.29) is 5.91 Å². The highest BCUT2D eigenvalue weighted by Gasteiger charge is 2.14. The first-order valence-electron chi connectivity index (χ1n) is 5.18. The lowest BCUT2D eigenvalue weighted by atomic mass is 10.3. The first kappa shape index (κ1) is 11.7. The third-order valence-electron chi connectivity index (χ3n) is 2.62. The van der Waals surface area contributed by atoms with Crippen LogP contribution >= 0.6 is 11.3 Å². The molecule has 17 heavy (non-hydrogen) atoms. The van der Waals surface area contributed by atoms with Crippen LogP contribution in [0.2, 0.25) is 0 Å². The van der Waals surface area contributed by atoms with Gasteiger partial charge in [-0.2, -0.15) is 5.10 Å². The SMILES string of the molecule is Cc1cc(C(=O)Nc2n[nH]c(C)c2N)sc1C. The predicted octanol–water partition coefficient (Wildman–Crippen LogP) is 2.23. The molecule has 4 N–H and O–H groups in total. The van der Waals surface area contributed by atoms with Gasteiger partial charge in [0.2, 0.25) is 0 Å². The highest BCUT2D eigenvalue weighted by atomic mass is 32.1. The number of hydrogen-bond donors (Lipinski definition) is 3. The van der Waals surface area contributed by atoms with Crippen LogP contribution in [0.25, 0.3) is 0 Å². The number of carbonyl (C=O) groups excluding carboxylic acids is 1. The number of carbonyl (C=O) groups is 1. The van der Waals surface area contributed by atoms with Crippen LogP contribution in [0.1, 0.15) is 25.8 Å². The molecule has 0 aliphatic heterocycles. The fraction of sp³-hybridized carbons (Fsp3) is 0.273. The van der Waals surface area contributed by atoms with Gasteiger partial charge in [-0.3, -0.25) is 9.89 Å². The maximum absolute atomic E-state index is 11.9. The number of nitrogen functional groups attached to an aromatic ring is 1. The monoisotopic (exact) mass is 250 g/mol. The molecule has 2 aromatic rings. The average molecular weight is 250 g/mol. The minimum absolute atomic E-state index is 0.176. The van der Waals surface area contributed by atoms with E-state index in [2.05, 4.69) is 15.5 Å². The zero-order valence-electron chi connectivity index (χ0n) is 9.92. The van der Waals surface area contributed by atoms with E-state index >= 15 is 0 Å². The summed E-state index contributed by atoms with van der Waals surface area (Å²) in [7, 11) is 0. The van der Waals surface area contributed by atoms with Crippen molar-refractivity contribution in [2.75, 3.05) is 11.1 Å². The molecule has 0 unspecified atom stereocenters. The summed E-state index contributed by atoms with van der Waals surface area (Å²) in [6.07, 6.45) is 0. The fourth-order valence-corrected chi connectivity index (χ4v) is 2.32. The third-order valence-corrected chi connectivity index (χ3v) is 3.77. The van der Waals surface area contributed by atoms with Crippen LogP contribution in [0.15, 0.2) is 6.07 Å². The Morgan fingerprint density at radius 1 is 1.47 bits per heavy atom. The molecule has 0 saturated carbocycles. The Hall–Kier alpha value is -1.82. The van der Waals surface area contributed by atoms with Crippen LogP contribution in [0.5, 0.6) is 0 Å². The lowest BCUT2D eigenvalue weighted by Gasteiger charge is -2.00. The first-order valence-corrected chi connectivity index (χ1v) is 5.99. The van der Waals surface area contributed by atoms with Gasteiger partial charge in [-0.1, -0.05) is 0 Å². The van der Waals surface area contributed by atoms with Crippen molar-refractivity contribution in [2.45, 2.75) is 20.8 Å². The maximum atomic E-state index is 11.9. The van der Waals surface area contributed by atoms with Gasteiger partial charge < -0.3 is 11.1 Å². The van der Waals surface area contributed by atoms with Crippen LogP contribution in [0.3, 0.4) is 0 Å². The molecule has 0 bridgehead atoms. The summed E-state index contributed by atoms with van der Waals surface area (Å²) >= 11 is 1.46. The predicted molar refractivity (Wildman–Crippen MR) is 69.5 cm³/mol. The highest BCUT2D eigenvalue weighted by molar-refractivity contribution is 7.14. The second kappa shape index (κ2) is 4.21. The number of H-pyrrole nitrogens is 1. The molecule has 2 heterocycles. The Kier molecular flexibility index (Phi) is 2.89. The number of nitrogens with two attached hydrogens (primary N) is 1. The number of nitrogens with one attached hydrogen (secondary N) is 2. The molecule has 0 saturated heterocycles. The summed E-state index contributed by atoms with van der Waals surface area (Å²) in [6.45, 7) is 5.77. The number of aryl methyl sites for hydroxylation is 3. The molecular weight excluding hydrogens is 236 g/mol. The summed E-state index contributed by atoms with van der Waals surface area (Å²) < 4.78 is 0. The van der Waals surface area contributed by atoms with Gasteiger partial charge in [0.15, 0.2) is 5.82 Å². The van der Waals surface area contributed by atoms with Gasteiger partial charge in [0, 0.05) is 4.88 Å². The van der Waals surface area contributed by atoms with Crippen molar-refractivity contribution in [1.29, 1.82) is 0 Å². The topological polar surface area (TPSA) is 83.8 Å². The quantitative estimate of drug-likeness (QED) is 0.764. The molecule has 0 radical (unpaired) electrons. The van der Waals surface area contributed by atoms with Gasteiger partial charge in [0.05, 0.1) is 16.3 Å². The van der Waals surface area contributed by atoms with Gasteiger partial charge in [0.25, 0.3) is 5.91 Å². The molecule has 0 aromatic carbocycles. The Bertz CT molecular complexity index is 551. The van der Waals surface area contributed by atoms with Crippen molar-refractivity contribution in [3.05, 3.63) is 27.1 Å². The lowest BCUT2D eigenvalue weighted by molar-refractivity contribution is 0.103. The highest BCUT2D eigenvalue weighted by Crippen LogP contribution is 2.23. The van der Waals surface area contributed by atoms with Gasteiger partial charge in [-0.25, -0.2) is 0 Å². The van der Waals surface area contributed by atoms with Crippen molar-refractivity contribution >= 4 is 28.7 Å². The second-order valence-electron chi connectivity index (χ2n) is 3.91. The smallest absolute Gasteiger partial charge is 0.267 e. The fourth-order valence-electron chi connectivity index (χ4n) is 1.39. The molecule has 0 spiro atoms. The summed E-state index contributed by atoms with van der Waals surface area (Å²) in [5.74, 6) is 0.209. The second-order valence-corrected chi connectivity index (χ2v) is 5.17. The first-order chi connectivity index (χ1) is 7.99. The molecule has 2 rings (SSSR count). The minimum atomic E-state index is -0.176. The Morgan fingerprint density at radius 2 is 2.18 bits per heavy atom. The normalized spacial score (nSPS) is 10.5. The molecule has 0 fully saturated rings. The van der Waals surface area contributed by atoms with Gasteiger partial charge in [-0.15, -0.1) is 11.3 Å². The van der Waals surface area contributed by atoms with Crippen molar-refractivity contribution in [3.63, 3.8) is 0 Å². The summed E-state index contributed by atoms with van der Waals surface area (Å²) in [5, 5.41) is 9.35. The standard InChI is InChI=1S/C11H14N4OS/c1-5-4-8(17-7(5)3)11(16)13-10-9(12)6(2)14-15-10/h4H,12H2,1-3H3,(H2,13,14,15,16). The molecule has 90 valence electrons. The largest absolute Gasteiger partial charge is 0.394 e. The number of nitrogens with zero attached hydrogens (tertiary/aromatic N) is 1. The van der Waals surface area contributed by atoms with Crippen LogP contribution in [-0.4, -0.2) is 16.1 Å². The molecule has 5 nitrogen and oxygen atoms in total. The average Bonchev–Trinajstić information content (AvgIpc) is 2.77. The van der Waals surface area contributed by atoms with Gasteiger partial charge >= 0.3 is 0 Å². The zero-order chi connectivity index (χ0) is 12.6. The summed E-state index contributed by atoms with van der Waals surface area (Å²) in [5.41, 5.74) is 8.10. The Morgan fingerprint density at radius 3 is 2.65 bits per heavy atom. The van der Waals surface area contributed by atoms with Crippen molar-refractivity contribution in [2.24, 2.45) is 0 Å². The summed E-state index contributed by atoms with van der Waals surface area (Å²) in [6, 6.07) is 1.87. The molecule has 1 amide bonds. The van der Waals surface area contributed by atoms with Gasteiger partial charge in [-0.05, 0) is 32.4 Å². The van der Waals surface area contributed by atoms with Crippen molar-refractivity contribution < 1.29 is 4.79 Å². The van der Waals surface area contributed by atoms with E-state index in [9.17, 15) is 4.79 Å². The number of amides is 1. The van der Waals surface area contributed by atoms with Gasteiger partial charge in [0.1, 0.15) is 0 Å². The zero-order valence-corrected chi connectivity index (χ0v) is 10.7. The molecule has 6 heteroatoms. The van der Waals surface area contributed by atoms with E-state index < -0.39 is 0 Å². The van der Waals surface area contributed by atoms with Crippen molar-refractivity contribution in [3.8, 4) is 0 Å². The van der Waals surface area contributed by atoms with E-state index in [4.69, 9.17) is 5.73 Å². The van der Waals surface area contributed by atoms with Crippen molar-refractivity contribution in [1.82, 2.24) is 10.2 Å². The number of aromatic nitrogens is 2. The summed E-state index contributed by atoms with van der Waals surface area (Å²) in [4.78, 5) is 13.7. The molecule has 2 aromatic heterocycles.